The van der Waals surface area contributed by atoms with Crippen LogP contribution >= 0.6 is 0 Å². The maximum absolute atomic E-state index is 11.9. The fraction of sp³-hybridized carbons (Fsp3) is 0.381. The minimum Gasteiger partial charge on any atom is -0.367 e. The third-order valence-electron chi connectivity index (χ3n) is 5.07. The number of carbonyl (C=O) groups excluding carboxylic acids is 3. The van der Waals surface area contributed by atoms with Crippen molar-refractivity contribution >= 4 is 51.8 Å². The summed E-state index contributed by atoms with van der Waals surface area (Å²) >= 11 is 0. The van der Waals surface area contributed by atoms with Gasteiger partial charge in [-0.3, -0.25) is 14.4 Å². The summed E-state index contributed by atoms with van der Waals surface area (Å²) in [6, 6.07) is 7.08. The van der Waals surface area contributed by atoms with Crippen molar-refractivity contribution in [2.75, 3.05) is 34.4 Å². The Bertz CT molecular complexity index is 1120. The SMILES string of the molecule is CCS(=O)(=O)N(C=O)CCN(C=O)c1ccc(Nc2ncc(C(C)=O)c(NC3CC3)n2)cc1. The van der Waals surface area contributed by atoms with E-state index in [0.29, 0.717) is 45.5 Å². The normalized spacial score (nSPS) is 13.2. The maximum atomic E-state index is 11.9. The van der Waals surface area contributed by atoms with Crippen molar-refractivity contribution in [1.29, 1.82) is 0 Å². The van der Waals surface area contributed by atoms with Crippen molar-refractivity contribution in [3.63, 3.8) is 0 Å². The predicted octanol–water partition coefficient (Wildman–Crippen LogP) is 1.77. The lowest BCUT2D eigenvalue weighted by atomic mass is 10.2. The van der Waals surface area contributed by atoms with Crippen molar-refractivity contribution in [2.24, 2.45) is 0 Å². The second-order valence-corrected chi connectivity index (χ2v) is 9.73. The van der Waals surface area contributed by atoms with E-state index >= 15 is 0 Å². The average Bonchev–Trinajstić information content (AvgIpc) is 3.61. The second-order valence-electron chi connectivity index (χ2n) is 7.52. The Morgan fingerprint density at radius 1 is 1.15 bits per heavy atom. The summed E-state index contributed by atoms with van der Waals surface area (Å²) in [7, 11) is -3.68. The van der Waals surface area contributed by atoms with E-state index in [2.05, 4.69) is 20.6 Å². The number of hydrogen-bond donors (Lipinski definition) is 2. The van der Waals surface area contributed by atoms with Crippen LogP contribution < -0.4 is 15.5 Å². The minimum absolute atomic E-state index is 0.0139. The number of rotatable bonds is 13. The van der Waals surface area contributed by atoms with E-state index in [1.54, 1.807) is 24.3 Å². The molecule has 0 unspecified atom stereocenters. The molecule has 1 aliphatic rings. The highest BCUT2D eigenvalue weighted by Crippen LogP contribution is 2.27. The number of benzene rings is 1. The van der Waals surface area contributed by atoms with Gasteiger partial charge >= 0.3 is 0 Å². The van der Waals surface area contributed by atoms with Crippen molar-refractivity contribution in [1.82, 2.24) is 14.3 Å². The molecule has 2 N–H and O–H groups in total. The monoisotopic (exact) mass is 474 g/mol. The zero-order valence-corrected chi connectivity index (χ0v) is 19.2. The number of ketones is 1. The van der Waals surface area contributed by atoms with Crippen LogP contribution in [0.15, 0.2) is 30.5 Å². The van der Waals surface area contributed by atoms with Gasteiger partial charge in [0, 0.05) is 30.2 Å². The number of sulfonamides is 1. The fourth-order valence-corrected chi connectivity index (χ4v) is 3.79. The van der Waals surface area contributed by atoms with E-state index in [9.17, 15) is 22.8 Å². The van der Waals surface area contributed by atoms with Crippen molar-refractivity contribution in [3.8, 4) is 0 Å². The van der Waals surface area contributed by atoms with Gasteiger partial charge in [0.1, 0.15) is 5.82 Å². The Morgan fingerprint density at radius 3 is 2.39 bits per heavy atom. The molecule has 0 atom stereocenters. The quantitative estimate of drug-likeness (QED) is 0.328. The highest BCUT2D eigenvalue weighted by molar-refractivity contribution is 7.89. The highest BCUT2D eigenvalue weighted by Gasteiger charge is 2.24. The van der Waals surface area contributed by atoms with Crippen LogP contribution in [0.1, 0.15) is 37.0 Å². The second kappa shape index (κ2) is 10.4. The van der Waals surface area contributed by atoms with Crippen LogP contribution in [-0.2, 0) is 19.6 Å². The zero-order chi connectivity index (χ0) is 24.0. The van der Waals surface area contributed by atoms with Crippen molar-refractivity contribution in [3.05, 3.63) is 36.0 Å². The number of carbonyl (C=O) groups is 3. The maximum Gasteiger partial charge on any atom is 0.236 e. The number of amides is 2. The third kappa shape index (κ3) is 6.25. The van der Waals surface area contributed by atoms with Crippen LogP contribution in [0, 0.1) is 0 Å². The van der Waals surface area contributed by atoms with E-state index in [-0.39, 0.29) is 31.0 Å². The molecule has 1 aliphatic carbocycles. The summed E-state index contributed by atoms with van der Waals surface area (Å²) in [6.45, 7) is 2.77. The highest BCUT2D eigenvalue weighted by atomic mass is 32.2. The van der Waals surface area contributed by atoms with E-state index in [4.69, 9.17) is 0 Å². The van der Waals surface area contributed by atoms with Crippen molar-refractivity contribution < 1.29 is 22.8 Å². The number of nitrogens with zero attached hydrogens (tertiary/aromatic N) is 4. The molecule has 0 saturated heterocycles. The first-order valence-electron chi connectivity index (χ1n) is 10.5. The predicted molar refractivity (Wildman–Crippen MR) is 124 cm³/mol. The number of hydrogen-bond acceptors (Lipinski definition) is 9. The first-order valence-corrected chi connectivity index (χ1v) is 12.1. The van der Waals surface area contributed by atoms with E-state index in [1.807, 2.05) is 0 Å². The minimum atomic E-state index is -3.68. The Labute approximate surface area is 192 Å². The average molecular weight is 475 g/mol. The molecule has 33 heavy (non-hydrogen) atoms. The van der Waals surface area contributed by atoms with Gasteiger partial charge in [-0.2, -0.15) is 4.98 Å². The zero-order valence-electron chi connectivity index (χ0n) is 18.4. The fourth-order valence-electron chi connectivity index (χ4n) is 2.97. The number of aromatic nitrogens is 2. The molecule has 0 bridgehead atoms. The summed E-state index contributed by atoms with van der Waals surface area (Å²) in [4.78, 5) is 44.4. The molecule has 0 radical (unpaired) electrons. The van der Waals surface area contributed by atoms with Gasteiger partial charge in [0.05, 0.1) is 17.9 Å². The van der Waals surface area contributed by atoms with Gasteiger partial charge < -0.3 is 15.5 Å². The molecule has 2 amide bonds. The van der Waals surface area contributed by atoms with Crippen LogP contribution in [0.3, 0.4) is 0 Å². The summed E-state index contributed by atoms with van der Waals surface area (Å²) in [5, 5.41) is 6.30. The van der Waals surface area contributed by atoms with Crippen LogP contribution in [0.25, 0.3) is 0 Å². The molecule has 1 heterocycles. The summed E-state index contributed by atoms with van der Waals surface area (Å²) < 4.78 is 24.4. The topological polar surface area (TPSA) is 142 Å². The molecule has 3 rings (SSSR count). The Balaban J connectivity index is 1.68. The molecule has 1 aromatic heterocycles. The molecule has 0 aliphatic heterocycles. The van der Waals surface area contributed by atoms with Gasteiger partial charge in [-0.1, -0.05) is 0 Å². The van der Waals surface area contributed by atoms with Crippen molar-refractivity contribution in [2.45, 2.75) is 32.7 Å². The molecular weight excluding hydrogens is 448 g/mol. The van der Waals surface area contributed by atoms with Crippen LogP contribution in [0.5, 0.6) is 0 Å². The van der Waals surface area contributed by atoms with Gasteiger partial charge in [-0.15, -0.1) is 0 Å². The molecule has 11 nitrogen and oxygen atoms in total. The summed E-state index contributed by atoms with van der Waals surface area (Å²) in [6.07, 6.45) is 4.37. The molecule has 0 spiro atoms. The molecule has 1 aromatic carbocycles. The van der Waals surface area contributed by atoms with Gasteiger partial charge in [0.2, 0.25) is 28.8 Å². The van der Waals surface area contributed by atoms with E-state index in [0.717, 1.165) is 12.8 Å². The first-order chi connectivity index (χ1) is 15.8. The van der Waals surface area contributed by atoms with E-state index in [1.165, 1.54) is 24.9 Å². The summed E-state index contributed by atoms with van der Waals surface area (Å²) in [5.41, 5.74) is 1.61. The van der Waals surface area contributed by atoms with Gasteiger partial charge in [-0.05, 0) is 51.0 Å². The Hall–Kier alpha value is -3.54. The Morgan fingerprint density at radius 2 is 1.85 bits per heavy atom. The molecule has 1 fully saturated rings. The van der Waals surface area contributed by atoms with Crippen LogP contribution in [-0.4, -0.2) is 66.2 Å². The lowest BCUT2D eigenvalue weighted by Crippen LogP contribution is -2.38. The third-order valence-corrected chi connectivity index (χ3v) is 6.78. The number of Topliss-reactive ketones (excluding diaryl/α,β-unsaturated/α-hetero) is 1. The van der Waals surface area contributed by atoms with Crippen LogP contribution in [0.4, 0.5) is 23.1 Å². The van der Waals surface area contributed by atoms with Crippen LogP contribution in [0.2, 0.25) is 0 Å². The lowest BCUT2D eigenvalue weighted by molar-refractivity contribution is -0.114. The van der Waals surface area contributed by atoms with Gasteiger partial charge in [-0.25, -0.2) is 17.7 Å². The first kappa shape index (κ1) is 24.1. The van der Waals surface area contributed by atoms with Gasteiger partial charge in [0.25, 0.3) is 0 Å². The van der Waals surface area contributed by atoms with Gasteiger partial charge in [0.15, 0.2) is 5.78 Å². The smallest absolute Gasteiger partial charge is 0.236 e. The molecule has 1 saturated carbocycles. The molecule has 176 valence electrons. The largest absolute Gasteiger partial charge is 0.367 e. The standard InChI is InChI=1S/C21H26N6O5S/c1-3-33(31,32)27(14-29)11-10-26(13-28)18-8-6-17(7-9-18)24-21-22-12-19(15(2)30)20(25-21)23-16-4-5-16/h6-9,12-14,16H,3-5,10-11H2,1-2H3,(H2,22,23,24,25). The number of anilines is 4. The Kier molecular flexibility index (Phi) is 7.59. The number of nitrogens with one attached hydrogen (secondary N) is 2. The molecule has 2 aromatic rings. The molecule has 12 heteroatoms. The van der Waals surface area contributed by atoms with E-state index < -0.39 is 10.0 Å². The lowest BCUT2D eigenvalue weighted by Gasteiger charge is -2.22. The summed E-state index contributed by atoms with van der Waals surface area (Å²) in [5.74, 6) is 0.478. The molecular formula is C21H26N6O5S.